The zero-order valence-corrected chi connectivity index (χ0v) is 11.9. The number of nitrogens with zero attached hydrogens (tertiary/aromatic N) is 1. The minimum Gasteiger partial charge on any atom is -0.311 e. The maximum atomic E-state index is 3.71. The molecule has 0 amide bonds. The van der Waals surface area contributed by atoms with Gasteiger partial charge in [-0.25, -0.2) is 0 Å². The second kappa shape index (κ2) is 5.50. The first-order chi connectivity index (χ1) is 7.37. The minimum atomic E-state index is 0.250. The van der Waals surface area contributed by atoms with Crippen LogP contribution in [-0.2, 0) is 0 Å². The SMILES string of the molecule is CCN(C)CC1(CNC(C)(C)C)CCCC1. The average molecular weight is 226 g/mol. The van der Waals surface area contributed by atoms with E-state index in [2.05, 4.69) is 45.0 Å². The quantitative estimate of drug-likeness (QED) is 0.775. The summed E-state index contributed by atoms with van der Waals surface area (Å²) >= 11 is 0. The summed E-state index contributed by atoms with van der Waals surface area (Å²) in [5.74, 6) is 0. The Bertz CT molecular complexity index is 199. The van der Waals surface area contributed by atoms with Gasteiger partial charge in [0, 0.05) is 18.6 Å². The highest BCUT2D eigenvalue weighted by atomic mass is 15.1. The molecule has 0 radical (unpaired) electrons. The Hall–Kier alpha value is -0.0800. The van der Waals surface area contributed by atoms with Crippen molar-refractivity contribution in [1.29, 1.82) is 0 Å². The lowest BCUT2D eigenvalue weighted by atomic mass is 9.84. The molecule has 0 aromatic carbocycles. The Kier molecular flexibility index (Phi) is 4.81. The van der Waals surface area contributed by atoms with Gasteiger partial charge in [0.15, 0.2) is 0 Å². The predicted molar refractivity (Wildman–Crippen MR) is 71.8 cm³/mol. The highest BCUT2D eigenvalue weighted by Gasteiger charge is 2.35. The van der Waals surface area contributed by atoms with Gasteiger partial charge in [-0.15, -0.1) is 0 Å². The van der Waals surface area contributed by atoms with Crippen LogP contribution >= 0.6 is 0 Å². The van der Waals surface area contributed by atoms with E-state index in [0.717, 1.165) is 6.54 Å². The van der Waals surface area contributed by atoms with Crippen LogP contribution in [0, 0.1) is 5.41 Å². The van der Waals surface area contributed by atoms with Gasteiger partial charge < -0.3 is 10.2 Å². The van der Waals surface area contributed by atoms with E-state index < -0.39 is 0 Å². The molecule has 0 saturated heterocycles. The van der Waals surface area contributed by atoms with E-state index in [1.165, 1.54) is 38.8 Å². The molecular weight excluding hydrogens is 196 g/mol. The molecule has 96 valence electrons. The lowest BCUT2D eigenvalue weighted by molar-refractivity contribution is 0.165. The van der Waals surface area contributed by atoms with Gasteiger partial charge in [-0.05, 0) is 52.6 Å². The van der Waals surface area contributed by atoms with Crippen LogP contribution in [0.25, 0.3) is 0 Å². The van der Waals surface area contributed by atoms with Gasteiger partial charge in [-0.3, -0.25) is 0 Å². The van der Waals surface area contributed by atoms with Gasteiger partial charge in [0.05, 0.1) is 0 Å². The van der Waals surface area contributed by atoms with Crippen molar-refractivity contribution in [3.8, 4) is 0 Å². The van der Waals surface area contributed by atoms with Crippen molar-refractivity contribution in [2.24, 2.45) is 5.41 Å². The Morgan fingerprint density at radius 3 is 2.19 bits per heavy atom. The Balaban J connectivity index is 2.52. The summed E-state index contributed by atoms with van der Waals surface area (Å²) in [5.41, 5.74) is 0.790. The fraction of sp³-hybridized carbons (Fsp3) is 1.00. The van der Waals surface area contributed by atoms with Crippen LogP contribution in [0.2, 0.25) is 0 Å². The van der Waals surface area contributed by atoms with Crippen molar-refractivity contribution in [3.05, 3.63) is 0 Å². The molecule has 0 unspecified atom stereocenters. The summed E-state index contributed by atoms with van der Waals surface area (Å²) in [6, 6.07) is 0. The molecular formula is C14H30N2. The topological polar surface area (TPSA) is 15.3 Å². The van der Waals surface area contributed by atoms with E-state index in [1.807, 2.05) is 0 Å². The molecule has 1 rings (SSSR count). The summed E-state index contributed by atoms with van der Waals surface area (Å²) in [5, 5.41) is 3.71. The van der Waals surface area contributed by atoms with Gasteiger partial charge in [0.1, 0.15) is 0 Å². The van der Waals surface area contributed by atoms with Crippen LogP contribution in [0.3, 0.4) is 0 Å². The maximum Gasteiger partial charge on any atom is 0.00967 e. The summed E-state index contributed by atoms with van der Waals surface area (Å²) in [6.45, 7) is 12.6. The molecule has 16 heavy (non-hydrogen) atoms. The lowest BCUT2D eigenvalue weighted by Gasteiger charge is -2.36. The number of hydrogen-bond donors (Lipinski definition) is 1. The molecule has 0 aromatic rings. The number of hydrogen-bond acceptors (Lipinski definition) is 2. The molecule has 2 heteroatoms. The van der Waals surface area contributed by atoms with E-state index in [1.54, 1.807) is 0 Å². The molecule has 0 bridgehead atoms. The first kappa shape index (κ1) is 14.0. The molecule has 1 fully saturated rings. The normalized spacial score (nSPS) is 20.6. The Morgan fingerprint density at radius 2 is 1.75 bits per heavy atom. The molecule has 0 aromatic heterocycles. The molecule has 0 atom stereocenters. The highest BCUT2D eigenvalue weighted by molar-refractivity contribution is 4.90. The van der Waals surface area contributed by atoms with Crippen LogP contribution in [0.15, 0.2) is 0 Å². The van der Waals surface area contributed by atoms with E-state index in [4.69, 9.17) is 0 Å². The third-order valence-corrected chi connectivity index (χ3v) is 3.80. The molecule has 0 spiro atoms. The zero-order valence-electron chi connectivity index (χ0n) is 11.9. The molecule has 2 nitrogen and oxygen atoms in total. The van der Waals surface area contributed by atoms with E-state index in [9.17, 15) is 0 Å². The largest absolute Gasteiger partial charge is 0.311 e. The predicted octanol–water partition coefficient (Wildman–Crippen LogP) is 2.89. The maximum absolute atomic E-state index is 3.71. The molecule has 1 aliphatic rings. The third kappa shape index (κ3) is 4.42. The molecule has 1 saturated carbocycles. The summed E-state index contributed by atoms with van der Waals surface area (Å²) in [6.07, 6.45) is 5.65. The molecule has 0 aliphatic heterocycles. The molecule has 1 aliphatic carbocycles. The fourth-order valence-corrected chi connectivity index (χ4v) is 2.65. The monoisotopic (exact) mass is 226 g/mol. The van der Waals surface area contributed by atoms with Gasteiger partial charge in [-0.2, -0.15) is 0 Å². The lowest BCUT2D eigenvalue weighted by Crippen LogP contribution is -2.47. The highest BCUT2D eigenvalue weighted by Crippen LogP contribution is 2.38. The van der Waals surface area contributed by atoms with Gasteiger partial charge in [-0.1, -0.05) is 19.8 Å². The molecule has 1 N–H and O–H groups in total. The average Bonchev–Trinajstić information content (AvgIpc) is 2.63. The zero-order chi connectivity index (χ0) is 12.2. The first-order valence-corrected chi connectivity index (χ1v) is 6.80. The van der Waals surface area contributed by atoms with Crippen molar-refractivity contribution in [1.82, 2.24) is 10.2 Å². The smallest absolute Gasteiger partial charge is 0.00967 e. The third-order valence-electron chi connectivity index (χ3n) is 3.80. The van der Waals surface area contributed by atoms with Crippen molar-refractivity contribution >= 4 is 0 Å². The fourth-order valence-electron chi connectivity index (χ4n) is 2.65. The standard InChI is InChI=1S/C14H30N2/c1-6-16(5)12-14(9-7-8-10-14)11-15-13(2,3)4/h15H,6-12H2,1-5H3. The second-order valence-electron chi connectivity index (χ2n) is 6.64. The summed E-state index contributed by atoms with van der Waals surface area (Å²) in [4.78, 5) is 2.47. The molecule has 0 heterocycles. The number of rotatable bonds is 5. The van der Waals surface area contributed by atoms with Crippen molar-refractivity contribution < 1.29 is 0 Å². The van der Waals surface area contributed by atoms with Crippen molar-refractivity contribution in [2.75, 3.05) is 26.7 Å². The van der Waals surface area contributed by atoms with Crippen LogP contribution < -0.4 is 5.32 Å². The van der Waals surface area contributed by atoms with E-state index in [0.29, 0.717) is 5.41 Å². The van der Waals surface area contributed by atoms with Crippen LogP contribution in [0.1, 0.15) is 53.4 Å². The minimum absolute atomic E-state index is 0.250. The Labute approximate surface area is 102 Å². The van der Waals surface area contributed by atoms with Crippen LogP contribution in [0.5, 0.6) is 0 Å². The van der Waals surface area contributed by atoms with Gasteiger partial charge in [0.2, 0.25) is 0 Å². The van der Waals surface area contributed by atoms with Crippen molar-refractivity contribution in [3.63, 3.8) is 0 Å². The first-order valence-electron chi connectivity index (χ1n) is 6.80. The van der Waals surface area contributed by atoms with E-state index in [-0.39, 0.29) is 5.54 Å². The van der Waals surface area contributed by atoms with Crippen LogP contribution in [-0.4, -0.2) is 37.1 Å². The summed E-state index contributed by atoms with van der Waals surface area (Å²) < 4.78 is 0. The van der Waals surface area contributed by atoms with Gasteiger partial charge in [0.25, 0.3) is 0 Å². The number of nitrogens with one attached hydrogen (secondary N) is 1. The van der Waals surface area contributed by atoms with Gasteiger partial charge >= 0.3 is 0 Å². The van der Waals surface area contributed by atoms with E-state index >= 15 is 0 Å². The van der Waals surface area contributed by atoms with Crippen LogP contribution in [0.4, 0.5) is 0 Å². The summed E-state index contributed by atoms with van der Waals surface area (Å²) in [7, 11) is 2.25. The Morgan fingerprint density at radius 1 is 1.19 bits per heavy atom. The second-order valence-corrected chi connectivity index (χ2v) is 6.64. The van der Waals surface area contributed by atoms with Crippen molar-refractivity contribution in [2.45, 2.75) is 58.9 Å².